The van der Waals surface area contributed by atoms with Gasteiger partial charge in [-0.2, -0.15) is 0 Å². The molecule has 1 N–H and O–H groups in total. The lowest BCUT2D eigenvalue weighted by atomic mass is 9.97. The first kappa shape index (κ1) is 21.7. The number of carbonyl (C=O) groups is 2. The molecule has 6 nitrogen and oxygen atoms in total. The van der Waals surface area contributed by atoms with Crippen molar-refractivity contribution in [1.29, 1.82) is 0 Å². The molecule has 1 amide bonds. The zero-order chi connectivity index (χ0) is 22.5. The standard InChI is InChI=1S/C25H23ClN4O2/c1-30-14-4-13-27-24(30)18-9-7-17(8-10-18)22(31)15-19-5-2-3-6-21(19)25(32)29-23-12-11-20(26)16-28-23/h2-3,5-12,16H,4,13-15H2,1H3,(H,28,29,32). The van der Waals surface area contributed by atoms with Crippen molar-refractivity contribution in [3.8, 4) is 0 Å². The maximum Gasteiger partial charge on any atom is 0.257 e. The summed E-state index contributed by atoms with van der Waals surface area (Å²) in [6, 6.07) is 17.9. The SMILES string of the molecule is CN1CCCN=C1c1ccc(C(=O)Cc2ccccc2C(=O)Nc2ccc(Cl)cn2)cc1. The number of hydrogen-bond acceptors (Lipinski definition) is 5. The van der Waals surface area contributed by atoms with E-state index in [1.807, 2.05) is 37.4 Å². The van der Waals surface area contributed by atoms with Gasteiger partial charge in [-0.05, 0) is 30.2 Å². The van der Waals surface area contributed by atoms with Gasteiger partial charge in [0.05, 0.1) is 5.02 Å². The predicted molar refractivity (Wildman–Crippen MR) is 127 cm³/mol. The third kappa shape index (κ3) is 5.03. The van der Waals surface area contributed by atoms with Crippen molar-refractivity contribution in [3.63, 3.8) is 0 Å². The fourth-order valence-electron chi connectivity index (χ4n) is 3.64. The molecule has 2 aromatic carbocycles. The van der Waals surface area contributed by atoms with Crippen molar-refractivity contribution < 1.29 is 9.59 Å². The minimum absolute atomic E-state index is 0.0552. The number of benzene rings is 2. The molecule has 162 valence electrons. The topological polar surface area (TPSA) is 74.7 Å². The number of aliphatic imine (C=N–C) groups is 1. The highest BCUT2D eigenvalue weighted by Gasteiger charge is 2.17. The molecule has 0 unspecified atom stereocenters. The summed E-state index contributed by atoms with van der Waals surface area (Å²) < 4.78 is 0. The number of rotatable bonds is 6. The Morgan fingerprint density at radius 1 is 1.06 bits per heavy atom. The van der Waals surface area contributed by atoms with E-state index in [2.05, 4.69) is 20.2 Å². The highest BCUT2D eigenvalue weighted by atomic mass is 35.5. The third-order valence-electron chi connectivity index (χ3n) is 5.32. The zero-order valence-corrected chi connectivity index (χ0v) is 18.5. The number of carbonyl (C=O) groups excluding carboxylic acids is 2. The number of pyridine rings is 1. The van der Waals surface area contributed by atoms with Crippen LogP contribution in [0.5, 0.6) is 0 Å². The zero-order valence-electron chi connectivity index (χ0n) is 17.7. The molecule has 0 aliphatic carbocycles. The summed E-state index contributed by atoms with van der Waals surface area (Å²) in [6.07, 6.45) is 2.64. The maximum absolute atomic E-state index is 12.9. The number of ketones is 1. The molecule has 4 rings (SSSR count). The van der Waals surface area contributed by atoms with E-state index in [-0.39, 0.29) is 18.1 Å². The minimum Gasteiger partial charge on any atom is -0.359 e. The lowest BCUT2D eigenvalue weighted by molar-refractivity contribution is 0.0992. The summed E-state index contributed by atoms with van der Waals surface area (Å²) in [7, 11) is 2.03. The van der Waals surface area contributed by atoms with Crippen molar-refractivity contribution in [3.05, 3.63) is 94.1 Å². The van der Waals surface area contributed by atoms with Crippen LogP contribution in [-0.2, 0) is 6.42 Å². The summed E-state index contributed by atoms with van der Waals surface area (Å²) in [5.41, 5.74) is 2.69. The molecule has 0 saturated carbocycles. The van der Waals surface area contributed by atoms with Gasteiger partial charge in [-0.15, -0.1) is 0 Å². The summed E-state index contributed by atoms with van der Waals surface area (Å²) in [4.78, 5) is 36.5. The van der Waals surface area contributed by atoms with E-state index in [0.29, 0.717) is 27.5 Å². The smallest absolute Gasteiger partial charge is 0.257 e. The first-order valence-corrected chi connectivity index (χ1v) is 10.8. The third-order valence-corrected chi connectivity index (χ3v) is 5.55. The molecular weight excluding hydrogens is 424 g/mol. The van der Waals surface area contributed by atoms with Gasteiger partial charge in [0, 0.05) is 49.4 Å². The van der Waals surface area contributed by atoms with Gasteiger partial charge in [-0.25, -0.2) is 4.98 Å². The van der Waals surface area contributed by atoms with Crippen LogP contribution in [0.15, 0.2) is 71.9 Å². The minimum atomic E-state index is -0.322. The number of nitrogens with zero attached hydrogens (tertiary/aromatic N) is 3. The van der Waals surface area contributed by atoms with Crippen LogP contribution in [0.3, 0.4) is 0 Å². The van der Waals surface area contributed by atoms with Crippen LogP contribution < -0.4 is 5.32 Å². The van der Waals surface area contributed by atoms with E-state index in [0.717, 1.165) is 30.9 Å². The number of amidine groups is 1. The molecule has 32 heavy (non-hydrogen) atoms. The molecule has 0 spiro atoms. The van der Waals surface area contributed by atoms with Crippen LogP contribution in [0.25, 0.3) is 0 Å². The van der Waals surface area contributed by atoms with Gasteiger partial charge in [0.1, 0.15) is 11.7 Å². The van der Waals surface area contributed by atoms with Gasteiger partial charge in [-0.3, -0.25) is 14.6 Å². The molecule has 1 aromatic heterocycles. The van der Waals surface area contributed by atoms with Crippen molar-refractivity contribution in [2.24, 2.45) is 4.99 Å². The van der Waals surface area contributed by atoms with Crippen molar-refractivity contribution in [2.45, 2.75) is 12.8 Å². The Morgan fingerprint density at radius 2 is 1.84 bits per heavy atom. The Balaban J connectivity index is 1.48. The van der Waals surface area contributed by atoms with E-state index in [1.54, 1.807) is 30.3 Å². The summed E-state index contributed by atoms with van der Waals surface area (Å²) in [5, 5.41) is 3.24. The number of hydrogen-bond donors (Lipinski definition) is 1. The van der Waals surface area contributed by atoms with Crippen LogP contribution >= 0.6 is 11.6 Å². The Hall–Kier alpha value is -3.51. The summed E-state index contributed by atoms with van der Waals surface area (Å²) in [6.45, 7) is 1.80. The van der Waals surface area contributed by atoms with Gasteiger partial charge in [-0.1, -0.05) is 54.1 Å². The van der Waals surface area contributed by atoms with E-state index in [1.165, 1.54) is 6.20 Å². The molecule has 0 saturated heterocycles. The van der Waals surface area contributed by atoms with Crippen molar-refractivity contribution in [1.82, 2.24) is 9.88 Å². The van der Waals surface area contributed by atoms with Gasteiger partial charge < -0.3 is 10.2 Å². The van der Waals surface area contributed by atoms with Crippen LogP contribution in [0.1, 0.15) is 38.3 Å². The Bertz CT molecular complexity index is 1160. The molecular formula is C25H23ClN4O2. The Kier molecular flexibility index (Phi) is 6.61. The Labute approximate surface area is 192 Å². The molecule has 0 atom stereocenters. The molecule has 2 heterocycles. The summed E-state index contributed by atoms with van der Waals surface area (Å²) >= 11 is 5.85. The van der Waals surface area contributed by atoms with E-state index >= 15 is 0 Å². The largest absolute Gasteiger partial charge is 0.359 e. The predicted octanol–water partition coefficient (Wildman–Crippen LogP) is 4.49. The van der Waals surface area contributed by atoms with Gasteiger partial charge in [0.15, 0.2) is 5.78 Å². The van der Waals surface area contributed by atoms with E-state index in [9.17, 15) is 9.59 Å². The quantitative estimate of drug-likeness (QED) is 0.566. The average Bonchev–Trinajstić information content (AvgIpc) is 2.81. The van der Waals surface area contributed by atoms with E-state index in [4.69, 9.17) is 11.6 Å². The first-order valence-electron chi connectivity index (χ1n) is 10.4. The van der Waals surface area contributed by atoms with Crippen LogP contribution in [0.2, 0.25) is 5.02 Å². The first-order chi connectivity index (χ1) is 15.5. The molecule has 0 radical (unpaired) electrons. The van der Waals surface area contributed by atoms with Crippen molar-refractivity contribution in [2.75, 3.05) is 25.5 Å². The second kappa shape index (κ2) is 9.75. The fourth-order valence-corrected chi connectivity index (χ4v) is 3.75. The van der Waals surface area contributed by atoms with Crippen LogP contribution in [-0.4, -0.2) is 47.5 Å². The molecule has 1 aliphatic heterocycles. The monoisotopic (exact) mass is 446 g/mol. The number of halogens is 1. The highest BCUT2D eigenvalue weighted by Crippen LogP contribution is 2.17. The van der Waals surface area contributed by atoms with Crippen LogP contribution in [0.4, 0.5) is 5.82 Å². The molecule has 1 aliphatic rings. The lowest BCUT2D eigenvalue weighted by Crippen LogP contribution is -2.32. The fraction of sp³-hybridized carbons (Fsp3) is 0.200. The molecule has 0 bridgehead atoms. The number of nitrogens with one attached hydrogen (secondary N) is 1. The van der Waals surface area contributed by atoms with Crippen LogP contribution in [0, 0.1) is 0 Å². The normalized spacial score (nSPS) is 13.4. The molecule has 7 heteroatoms. The van der Waals surface area contributed by atoms with Gasteiger partial charge >= 0.3 is 0 Å². The van der Waals surface area contributed by atoms with Gasteiger partial charge in [0.2, 0.25) is 0 Å². The maximum atomic E-state index is 12.9. The number of amides is 1. The second-order valence-electron chi connectivity index (χ2n) is 7.63. The molecule has 0 fully saturated rings. The summed E-state index contributed by atoms with van der Waals surface area (Å²) in [5.74, 6) is 0.970. The van der Waals surface area contributed by atoms with Crippen molar-refractivity contribution >= 4 is 34.9 Å². The lowest BCUT2D eigenvalue weighted by Gasteiger charge is -2.25. The average molecular weight is 447 g/mol. The van der Waals surface area contributed by atoms with E-state index < -0.39 is 0 Å². The number of anilines is 1. The second-order valence-corrected chi connectivity index (χ2v) is 8.07. The number of aromatic nitrogens is 1. The van der Waals surface area contributed by atoms with Gasteiger partial charge in [0.25, 0.3) is 5.91 Å². The molecule has 3 aromatic rings. The number of Topliss-reactive ketones (excluding diaryl/α,β-unsaturated/α-hetero) is 1. The highest BCUT2D eigenvalue weighted by molar-refractivity contribution is 6.30. The Morgan fingerprint density at radius 3 is 2.56 bits per heavy atom.